The molecule has 4 nitrogen and oxygen atoms in total. The highest BCUT2D eigenvalue weighted by Crippen LogP contribution is 2.26. The first-order valence-electron chi connectivity index (χ1n) is 6.34. The van der Waals surface area contributed by atoms with Gasteiger partial charge in [-0.1, -0.05) is 12.1 Å². The van der Waals surface area contributed by atoms with Crippen LogP contribution in [0, 0.1) is 11.3 Å². The molecule has 2 aromatic rings. The van der Waals surface area contributed by atoms with Gasteiger partial charge in [0.25, 0.3) is 0 Å². The molecule has 0 bridgehead atoms. The van der Waals surface area contributed by atoms with E-state index < -0.39 is 0 Å². The predicted octanol–water partition coefficient (Wildman–Crippen LogP) is 3.32. The van der Waals surface area contributed by atoms with Crippen LogP contribution in [0.2, 0.25) is 0 Å². The molecule has 1 unspecified atom stereocenters. The smallest absolute Gasteiger partial charge is 0.121 e. The second-order valence-corrected chi connectivity index (χ2v) is 4.56. The van der Waals surface area contributed by atoms with Crippen LogP contribution in [0.15, 0.2) is 42.5 Å². The van der Waals surface area contributed by atoms with Crippen LogP contribution in [-0.2, 0) is 0 Å². The van der Waals surface area contributed by atoms with Crippen molar-refractivity contribution in [3.8, 4) is 11.8 Å². The van der Waals surface area contributed by atoms with Crippen LogP contribution in [0.4, 0.5) is 11.4 Å². The van der Waals surface area contributed by atoms with Gasteiger partial charge < -0.3 is 15.8 Å². The maximum absolute atomic E-state index is 9.16. The molecule has 102 valence electrons. The zero-order chi connectivity index (χ0) is 14.5. The molecule has 0 saturated heterocycles. The Kier molecular flexibility index (Phi) is 4.11. The Bertz CT molecular complexity index is 646. The quantitative estimate of drug-likeness (QED) is 0.834. The van der Waals surface area contributed by atoms with Crippen LogP contribution in [-0.4, -0.2) is 7.11 Å². The Hall–Kier alpha value is -2.67. The van der Waals surface area contributed by atoms with Gasteiger partial charge in [0.05, 0.1) is 18.4 Å². The van der Waals surface area contributed by atoms with Crippen LogP contribution in [0.1, 0.15) is 24.1 Å². The molecule has 2 rings (SSSR count). The number of anilines is 2. The average Bonchev–Trinajstić information content (AvgIpc) is 2.47. The zero-order valence-corrected chi connectivity index (χ0v) is 11.6. The number of methoxy groups -OCH3 is 1. The van der Waals surface area contributed by atoms with E-state index in [-0.39, 0.29) is 6.04 Å². The summed E-state index contributed by atoms with van der Waals surface area (Å²) in [6, 6.07) is 15.2. The zero-order valence-electron chi connectivity index (χ0n) is 11.6. The lowest BCUT2D eigenvalue weighted by Crippen LogP contribution is -2.08. The van der Waals surface area contributed by atoms with E-state index in [0.717, 1.165) is 16.9 Å². The second-order valence-electron chi connectivity index (χ2n) is 4.56. The molecule has 20 heavy (non-hydrogen) atoms. The van der Waals surface area contributed by atoms with Crippen molar-refractivity contribution in [2.24, 2.45) is 0 Å². The van der Waals surface area contributed by atoms with E-state index in [4.69, 9.17) is 15.7 Å². The molecule has 0 heterocycles. The van der Waals surface area contributed by atoms with E-state index in [1.54, 1.807) is 19.2 Å². The topological polar surface area (TPSA) is 71.1 Å². The van der Waals surface area contributed by atoms with Gasteiger partial charge in [-0.05, 0) is 36.8 Å². The molecule has 0 aliphatic carbocycles. The third-order valence-electron chi connectivity index (χ3n) is 3.13. The molecule has 3 N–H and O–H groups in total. The van der Waals surface area contributed by atoms with Crippen molar-refractivity contribution in [2.45, 2.75) is 13.0 Å². The van der Waals surface area contributed by atoms with Gasteiger partial charge in [-0.3, -0.25) is 0 Å². The minimum absolute atomic E-state index is 0.0395. The van der Waals surface area contributed by atoms with Crippen molar-refractivity contribution < 1.29 is 4.74 Å². The maximum Gasteiger partial charge on any atom is 0.121 e. The number of nitrogens with two attached hydrogens (primary N) is 1. The highest BCUT2D eigenvalue weighted by molar-refractivity contribution is 5.61. The normalized spacial score (nSPS) is 11.4. The first kappa shape index (κ1) is 13.8. The minimum Gasteiger partial charge on any atom is -0.497 e. The molecular weight excluding hydrogens is 250 g/mol. The van der Waals surface area contributed by atoms with Crippen molar-refractivity contribution in [2.75, 3.05) is 18.2 Å². The van der Waals surface area contributed by atoms with Gasteiger partial charge in [0.1, 0.15) is 11.8 Å². The maximum atomic E-state index is 9.16. The molecule has 0 aliphatic rings. The third-order valence-corrected chi connectivity index (χ3v) is 3.13. The number of nitrogens with zero attached hydrogens (tertiary/aromatic N) is 1. The molecule has 2 aromatic carbocycles. The molecule has 0 saturated carbocycles. The van der Waals surface area contributed by atoms with Gasteiger partial charge in [-0.15, -0.1) is 0 Å². The third kappa shape index (κ3) is 3.01. The van der Waals surface area contributed by atoms with E-state index in [9.17, 15) is 0 Å². The Morgan fingerprint density at radius 2 is 2.05 bits per heavy atom. The number of rotatable bonds is 4. The number of nitrogens with one attached hydrogen (secondary N) is 1. The van der Waals surface area contributed by atoms with Crippen LogP contribution in [0.5, 0.6) is 5.75 Å². The first-order valence-corrected chi connectivity index (χ1v) is 6.34. The van der Waals surface area contributed by atoms with Crippen LogP contribution >= 0.6 is 0 Å². The number of hydrogen-bond donors (Lipinski definition) is 2. The summed E-state index contributed by atoms with van der Waals surface area (Å²) in [6.07, 6.45) is 0. The molecule has 0 fully saturated rings. The molecule has 0 aliphatic heterocycles. The SMILES string of the molecule is COc1ccc(C#N)c(NC(C)c2cccc(N)c2)c1. The summed E-state index contributed by atoms with van der Waals surface area (Å²) in [6.45, 7) is 2.02. The standard InChI is InChI=1S/C16H17N3O/c1-11(12-4-3-5-14(18)8-12)19-16-9-15(20-2)7-6-13(16)10-17/h3-9,11,19H,18H2,1-2H3. The average molecular weight is 267 g/mol. The first-order chi connectivity index (χ1) is 9.63. The highest BCUT2D eigenvalue weighted by atomic mass is 16.5. The molecule has 0 radical (unpaired) electrons. The minimum atomic E-state index is 0.0395. The molecule has 4 heteroatoms. The molecule has 0 aromatic heterocycles. The van der Waals surface area contributed by atoms with Crippen molar-refractivity contribution in [3.05, 3.63) is 53.6 Å². The van der Waals surface area contributed by atoms with Gasteiger partial charge in [-0.25, -0.2) is 0 Å². The summed E-state index contributed by atoms with van der Waals surface area (Å²) >= 11 is 0. The van der Waals surface area contributed by atoms with Crippen molar-refractivity contribution in [1.29, 1.82) is 5.26 Å². The molecular formula is C16H17N3O. The van der Waals surface area contributed by atoms with Gasteiger partial charge in [-0.2, -0.15) is 5.26 Å². The second kappa shape index (κ2) is 5.98. The van der Waals surface area contributed by atoms with E-state index in [1.165, 1.54) is 0 Å². The summed E-state index contributed by atoms with van der Waals surface area (Å²) in [5.74, 6) is 0.714. The van der Waals surface area contributed by atoms with Crippen molar-refractivity contribution in [3.63, 3.8) is 0 Å². The highest BCUT2D eigenvalue weighted by Gasteiger charge is 2.09. The summed E-state index contributed by atoms with van der Waals surface area (Å²) < 4.78 is 5.19. The van der Waals surface area contributed by atoms with Crippen LogP contribution < -0.4 is 15.8 Å². The fourth-order valence-electron chi connectivity index (χ4n) is 2.01. The number of benzene rings is 2. The number of nitriles is 1. The van der Waals surface area contributed by atoms with Crippen LogP contribution in [0.3, 0.4) is 0 Å². The van der Waals surface area contributed by atoms with Crippen LogP contribution in [0.25, 0.3) is 0 Å². The van der Waals surface area contributed by atoms with E-state index in [0.29, 0.717) is 11.3 Å². The van der Waals surface area contributed by atoms with E-state index in [1.807, 2.05) is 37.3 Å². The summed E-state index contributed by atoms with van der Waals surface area (Å²) in [7, 11) is 1.60. The Morgan fingerprint density at radius 1 is 1.25 bits per heavy atom. The monoisotopic (exact) mass is 267 g/mol. The predicted molar refractivity (Wildman–Crippen MR) is 80.6 cm³/mol. The lowest BCUT2D eigenvalue weighted by molar-refractivity contribution is 0.415. The summed E-state index contributed by atoms with van der Waals surface area (Å²) in [5.41, 5.74) is 8.92. The van der Waals surface area contributed by atoms with Gasteiger partial charge in [0.2, 0.25) is 0 Å². The number of ether oxygens (including phenoxy) is 1. The summed E-state index contributed by atoms with van der Waals surface area (Å²) in [4.78, 5) is 0. The number of nitrogen functional groups attached to an aromatic ring is 1. The van der Waals surface area contributed by atoms with E-state index in [2.05, 4.69) is 11.4 Å². The van der Waals surface area contributed by atoms with Gasteiger partial charge >= 0.3 is 0 Å². The Balaban J connectivity index is 2.27. The molecule has 1 atom stereocenters. The van der Waals surface area contributed by atoms with E-state index >= 15 is 0 Å². The van der Waals surface area contributed by atoms with Gasteiger partial charge in [0, 0.05) is 17.8 Å². The number of hydrogen-bond acceptors (Lipinski definition) is 4. The summed E-state index contributed by atoms with van der Waals surface area (Å²) in [5, 5.41) is 12.5. The van der Waals surface area contributed by atoms with Crippen molar-refractivity contribution in [1.82, 2.24) is 0 Å². The van der Waals surface area contributed by atoms with Crippen molar-refractivity contribution >= 4 is 11.4 Å². The lowest BCUT2D eigenvalue weighted by Gasteiger charge is -2.17. The largest absolute Gasteiger partial charge is 0.497 e. The fourth-order valence-corrected chi connectivity index (χ4v) is 2.01. The molecule has 0 amide bonds. The Labute approximate surface area is 118 Å². The Morgan fingerprint density at radius 3 is 2.70 bits per heavy atom. The van der Waals surface area contributed by atoms with Gasteiger partial charge in [0.15, 0.2) is 0 Å². The lowest BCUT2D eigenvalue weighted by atomic mass is 10.1. The fraction of sp³-hybridized carbons (Fsp3) is 0.188. The molecule has 0 spiro atoms.